The molecule has 0 saturated heterocycles. The fourth-order valence-electron chi connectivity index (χ4n) is 5.39. The number of nitrogens with zero attached hydrogens (tertiary/aromatic N) is 2. The van der Waals surface area contributed by atoms with Crippen molar-refractivity contribution in [1.29, 1.82) is 10.5 Å². The summed E-state index contributed by atoms with van der Waals surface area (Å²) in [5.74, 6) is -0.843. The molecule has 2 atom stereocenters. The molecule has 0 unspecified atom stereocenters. The Morgan fingerprint density at radius 2 is 0.784 bits per heavy atom. The van der Waals surface area contributed by atoms with Crippen LogP contribution in [0.5, 0.6) is 0 Å². The van der Waals surface area contributed by atoms with Crippen molar-refractivity contribution < 1.29 is 0 Å². The number of hydrogen-bond acceptors (Lipinski definition) is 2. The molecule has 5 rings (SSSR count). The highest BCUT2D eigenvalue weighted by Gasteiger charge is 2.45. The van der Waals surface area contributed by atoms with Crippen LogP contribution in [0.1, 0.15) is 45.2 Å². The summed E-state index contributed by atoms with van der Waals surface area (Å²) in [5.41, 5.74) is 5.20. The van der Waals surface area contributed by atoms with Crippen molar-refractivity contribution in [3.05, 3.63) is 179 Å². The van der Waals surface area contributed by atoms with Crippen molar-refractivity contribution in [2.75, 3.05) is 0 Å². The van der Waals surface area contributed by atoms with Crippen LogP contribution in [0.3, 0.4) is 0 Å². The molecule has 0 radical (unpaired) electrons. The maximum Gasteiger partial charge on any atom is 0.0962 e. The molecule has 0 aromatic heterocycles. The van der Waals surface area contributed by atoms with Crippen LogP contribution >= 0.6 is 0 Å². The third-order valence-electron chi connectivity index (χ3n) is 7.11. The van der Waals surface area contributed by atoms with E-state index in [2.05, 4.69) is 48.5 Å². The zero-order chi connectivity index (χ0) is 25.5. The van der Waals surface area contributed by atoms with Gasteiger partial charge >= 0.3 is 0 Å². The van der Waals surface area contributed by atoms with E-state index in [4.69, 9.17) is 0 Å². The van der Waals surface area contributed by atoms with Gasteiger partial charge < -0.3 is 0 Å². The Bertz CT molecular complexity index is 1470. The van der Waals surface area contributed by atoms with Crippen LogP contribution in [0.2, 0.25) is 0 Å². The quantitative estimate of drug-likeness (QED) is 0.224. The van der Waals surface area contributed by atoms with Gasteiger partial charge in [-0.25, -0.2) is 0 Å². The Labute approximate surface area is 218 Å². The highest BCUT2D eigenvalue weighted by molar-refractivity contribution is 5.57. The molecule has 0 aliphatic rings. The van der Waals surface area contributed by atoms with E-state index >= 15 is 0 Å². The molecule has 2 heteroatoms. The molecule has 0 N–H and O–H groups in total. The van der Waals surface area contributed by atoms with Gasteiger partial charge in [-0.05, 0) is 33.4 Å². The van der Waals surface area contributed by atoms with Gasteiger partial charge in [0.1, 0.15) is 0 Å². The number of rotatable bonds is 7. The van der Waals surface area contributed by atoms with E-state index in [-0.39, 0.29) is 5.92 Å². The lowest BCUT2D eigenvalue weighted by atomic mass is 9.60. The van der Waals surface area contributed by atoms with Crippen LogP contribution in [0, 0.1) is 22.7 Å². The van der Waals surface area contributed by atoms with E-state index < -0.39 is 11.3 Å². The van der Waals surface area contributed by atoms with Gasteiger partial charge in [0.05, 0.1) is 29.4 Å². The maximum atomic E-state index is 10.7. The van der Waals surface area contributed by atoms with Crippen LogP contribution < -0.4 is 0 Å². The van der Waals surface area contributed by atoms with Gasteiger partial charge in [-0.2, -0.15) is 10.5 Å². The van der Waals surface area contributed by atoms with Gasteiger partial charge in [0.15, 0.2) is 0 Å². The molecule has 0 heterocycles. The Morgan fingerprint density at radius 1 is 0.405 bits per heavy atom. The van der Waals surface area contributed by atoms with Crippen molar-refractivity contribution in [2.45, 2.75) is 17.3 Å². The van der Waals surface area contributed by atoms with Crippen LogP contribution in [-0.2, 0) is 5.41 Å². The van der Waals surface area contributed by atoms with Crippen LogP contribution in [-0.4, -0.2) is 0 Å². The second-order valence-electron chi connectivity index (χ2n) is 9.11. The van der Waals surface area contributed by atoms with E-state index in [1.807, 2.05) is 109 Å². The highest BCUT2D eigenvalue weighted by Crippen LogP contribution is 2.49. The number of nitriles is 2. The Balaban J connectivity index is 1.76. The molecule has 0 aliphatic heterocycles. The second-order valence-corrected chi connectivity index (χ2v) is 9.11. The van der Waals surface area contributed by atoms with Crippen molar-refractivity contribution in [1.82, 2.24) is 0 Å². The first kappa shape index (κ1) is 23.8. The third kappa shape index (κ3) is 4.42. The molecule has 0 saturated carbocycles. The summed E-state index contributed by atoms with van der Waals surface area (Å²) < 4.78 is 0. The first-order valence-electron chi connectivity index (χ1n) is 12.4. The minimum Gasteiger partial charge on any atom is -0.198 e. The van der Waals surface area contributed by atoms with Gasteiger partial charge in [0.2, 0.25) is 0 Å². The lowest BCUT2D eigenvalue weighted by molar-refractivity contribution is 0.558. The van der Waals surface area contributed by atoms with Crippen molar-refractivity contribution in [2.24, 2.45) is 0 Å². The fraction of sp³-hybridized carbons (Fsp3) is 0.0857. The smallest absolute Gasteiger partial charge is 0.0962 e. The van der Waals surface area contributed by atoms with Gasteiger partial charge in [-0.15, -0.1) is 0 Å². The maximum absolute atomic E-state index is 10.7. The first-order valence-corrected chi connectivity index (χ1v) is 12.4. The molecule has 37 heavy (non-hydrogen) atoms. The summed E-state index contributed by atoms with van der Waals surface area (Å²) in [5, 5.41) is 20.7. The summed E-state index contributed by atoms with van der Waals surface area (Å²) in [6.45, 7) is 0. The number of hydrogen-bond donors (Lipinski definition) is 0. The summed E-state index contributed by atoms with van der Waals surface area (Å²) in [4.78, 5) is 0. The molecule has 0 spiro atoms. The molecule has 5 aromatic rings. The Kier molecular flexibility index (Phi) is 6.93. The van der Waals surface area contributed by atoms with Crippen molar-refractivity contribution in [3.8, 4) is 12.1 Å². The van der Waals surface area contributed by atoms with Crippen molar-refractivity contribution in [3.63, 3.8) is 0 Å². The minimum absolute atomic E-state index is 0.362. The zero-order valence-electron chi connectivity index (χ0n) is 20.4. The Hall–Kier alpha value is -4.92. The zero-order valence-corrected chi connectivity index (χ0v) is 20.4. The molecule has 2 nitrogen and oxygen atoms in total. The molecule has 0 aliphatic carbocycles. The summed E-state index contributed by atoms with van der Waals surface area (Å²) >= 11 is 0. The largest absolute Gasteiger partial charge is 0.198 e. The lowest BCUT2D eigenvalue weighted by Crippen LogP contribution is -2.36. The van der Waals surface area contributed by atoms with Crippen molar-refractivity contribution >= 4 is 0 Å². The first-order chi connectivity index (χ1) is 18.3. The molecule has 0 fully saturated rings. The second kappa shape index (κ2) is 10.8. The topological polar surface area (TPSA) is 47.6 Å². The molecule has 0 bridgehead atoms. The highest BCUT2D eigenvalue weighted by atomic mass is 14.5. The lowest BCUT2D eigenvalue weighted by Gasteiger charge is -2.40. The average Bonchev–Trinajstić information content (AvgIpc) is 2.99. The molecule has 0 amide bonds. The van der Waals surface area contributed by atoms with E-state index in [0.717, 1.165) is 33.4 Å². The van der Waals surface area contributed by atoms with Crippen LogP contribution in [0.15, 0.2) is 146 Å². The minimum atomic E-state index is -0.758. The molecular formula is C35H26N2. The van der Waals surface area contributed by atoms with E-state index in [1.54, 1.807) is 0 Å². The van der Waals surface area contributed by atoms with E-state index in [0.29, 0.717) is 0 Å². The summed E-state index contributed by atoms with van der Waals surface area (Å²) in [6.07, 6.45) is 0. The van der Waals surface area contributed by atoms with Gasteiger partial charge in [0.25, 0.3) is 0 Å². The van der Waals surface area contributed by atoms with E-state index in [1.165, 1.54) is 0 Å². The number of benzene rings is 5. The average molecular weight is 475 g/mol. The molecule has 176 valence electrons. The van der Waals surface area contributed by atoms with Gasteiger partial charge in [-0.3, -0.25) is 0 Å². The fourth-order valence-corrected chi connectivity index (χ4v) is 5.39. The Morgan fingerprint density at radius 3 is 1.22 bits per heavy atom. The summed E-state index contributed by atoms with van der Waals surface area (Å²) in [7, 11) is 0. The SMILES string of the molecule is N#C[C@@H](c1ccccc1)c1ccc(C(c2ccccc2)(c2ccccc2)[C@H](C#N)c2ccccc2)cc1. The molecular weight excluding hydrogens is 448 g/mol. The van der Waals surface area contributed by atoms with Gasteiger partial charge in [0, 0.05) is 0 Å². The van der Waals surface area contributed by atoms with Crippen LogP contribution in [0.4, 0.5) is 0 Å². The predicted octanol–water partition coefficient (Wildman–Crippen LogP) is 7.98. The van der Waals surface area contributed by atoms with E-state index in [9.17, 15) is 10.5 Å². The standard InChI is InChI=1S/C35H26N2/c36-25-33(27-13-5-1-6-14-27)28-21-23-32(24-22-28)35(30-17-9-3-10-18-30,31-19-11-4-12-20-31)34(26-37)29-15-7-2-8-16-29/h1-24,33-34H/t33-,34+/m0/s1. The monoisotopic (exact) mass is 474 g/mol. The van der Waals surface area contributed by atoms with Crippen LogP contribution in [0.25, 0.3) is 0 Å². The molecule has 5 aromatic carbocycles. The third-order valence-corrected chi connectivity index (χ3v) is 7.11. The van der Waals surface area contributed by atoms with Gasteiger partial charge in [-0.1, -0.05) is 146 Å². The predicted molar refractivity (Wildman–Crippen MR) is 148 cm³/mol. The summed E-state index contributed by atoms with van der Waals surface area (Å²) in [6, 6.07) is 53.8. The normalized spacial score (nSPS) is 12.6.